The Kier molecular flexibility index (Phi) is 8.96. The predicted octanol–water partition coefficient (Wildman–Crippen LogP) is 7.00. The normalized spacial score (nSPS) is 36.1. The molecule has 0 bridgehead atoms. The highest BCUT2D eigenvalue weighted by Crippen LogP contribution is 2.62. The molecule has 4 rings (SSSR count). The van der Waals surface area contributed by atoms with Crippen LogP contribution in [0.2, 0.25) is 0 Å². The molecular weight excluding hydrogens is 472 g/mol. The van der Waals surface area contributed by atoms with Crippen LogP contribution in [-0.4, -0.2) is 39.4 Å². The van der Waals surface area contributed by atoms with Gasteiger partial charge in [-0.1, -0.05) is 77.0 Å². The van der Waals surface area contributed by atoms with Crippen LogP contribution in [0.5, 0.6) is 0 Å². The molecule has 4 aliphatic rings. The summed E-state index contributed by atoms with van der Waals surface area (Å²) in [6.07, 6.45) is 18.8. The van der Waals surface area contributed by atoms with Gasteiger partial charge in [-0.05, 0) is 91.6 Å². The lowest BCUT2D eigenvalue weighted by Gasteiger charge is -2.47. The van der Waals surface area contributed by atoms with E-state index in [1.165, 1.54) is 24.8 Å². The zero-order chi connectivity index (χ0) is 27.7. The Hall–Kier alpha value is -1.49. The Morgan fingerprint density at radius 2 is 1.89 bits per heavy atom. The molecule has 0 spiro atoms. The summed E-state index contributed by atoms with van der Waals surface area (Å²) in [6.45, 7) is 13.3. The van der Waals surface area contributed by atoms with Gasteiger partial charge in [-0.2, -0.15) is 0 Å². The number of carbonyl (C=O) groups is 1. The fraction of sp³-hybridized carbons (Fsp3) is 0.735. The van der Waals surface area contributed by atoms with Crippen molar-refractivity contribution in [3.63, 3.8) is 0 Å². The fourth-order valence-electron chi connectivity index (χ4n) is 8.23. The van der Waals surface area contributed by atoms with Crippen molar-refractivity contribution >= 4 is 5.78 Å². The number of Topliss-reactive ketones (excluding diaryl/α,β-unsaturated/α-hetero) is 1. The van der Waals surface area contributed by atoms with E-state index in [4.69, 9.17) is 0 Å². The standard InChI is InChI=1S/C34H52O4/c1-6-7-8-11-30(37)34(19-20-34)31(38)16-18-32(3,4)29-15-14-27-24(10-9-17-33(27,29)5)12-13-25-21-26(35)22-28(36)23(25)2/h12-13,16,18,26-29,31,35-36,38H,2,6-11,14-15,17,19-22H2,1,3-5H3/t26-,27+,28+,29-,31+,33+/m1/s1. The van der Waals surface area contributed by atoms with Crippen LogP contribution in [-0.2, 0) is 4.79 Å². The van der Waals surface area contributed by atoms with Crippen LogP contribution in [0, 0.1) is 28.1 Å². The third-order valence-corrected chi connectivity index (χ3v) is 10.8. The zero-order valence-electron chi connectivity index (χ0n) is 24.3. The van der Waals surface area contributed by atoms with Gasteiger partial charge in [0.15, 0.2) is 0 Å². The van der Waals surface area contributed by atoms with Crippen LogP contribution in [0.3, 0.4) is 0 Å². The lowest BCUT2D eigenvalue weighted by atomic mass is 9.57. The van der Waals surface area contributed by atoms with Crippen LogP contribution in [0.4, 0.5) is 0 Å². The Morgan fingerprint density at radius 1 is 1.16 bits per heavy atom. The molecule has 4 saturated carbocycles. The van der Waals surface area contributed by atoms with E-state index in [1.807, 2.05) is 6.08 Å². The molecule has 0 aromatic heterocycles. The minimum atomic E-state index is -0.677. The first-order valence-corrected chi connectivity index (χ1v) is 15.3. The first-order chi connectivity index (χ1) is 17.9. The number of hydrogen-bond acceptors (Lipinski definition) is 4. The summed E-state index contributed by atoms with van der Waals surface area (Å²) in [5.41, 5.74) is 2.81. The van der Waals surface area contributed by atoms with Crippen molar-refractivity contribution < 1.29 is 20.1 Å². The van der Waals surface area contributed by atoms with E-state index >= 15 is 0 Å². The Bertz CT molecular complexity index is 980. The first-order valence-electron chi connectivity index (χ1n) is 15.3. The SMILES string of the molecule is C=C1C(=CC=C2CCC[C@]3(C)[C@@H](C(C)(C)C=C[C@H](O)C4(C(=O)CCCCC)CC4)CC[C@@H]23)C[C@@H](O)C[C@@H]1O. The molecule has 0 amide bonds. The van der Waals surface area contributed by atoms with Gasteiger partial charge in [-0.3, -0.25) is 4.79 Å². The molecule has 6 atom stereocenters. The van der Waals surface area contributed by atoms with Crippen molar-refractivity contribution in [2.75, 3.05) is 0 Å². The summed E-state index contributed by atoms with van der Waals surface area (Å²) in [7, 11) is 0. The van der Waals surface area contributed by atoms with E-state index in [0.29, 0.717) is 31.1 Å². The molecule has 0 unspecified atom stereocenters. The number of allylic oxidation sites excluding steroid dienone is 4. The van der Waals surface area contributed by atoms with Gasteiger partial charge in [0.2, 0.25) is 0 Å². The summed E-state index contributed by atoms with van der Waals surface area (Å²) in [5.74, 6) is 1.28. The molecule has 0 radical (unpaired) electrons. The van der Waals surface area contributed by atoms with Crippen molar-refractivity contribution in [2.45, 2.75) is 129 Å². The van der Waals surface area contributed by atoms with Gasteiger partial charge >= 0.3 is 0 Å². The van der Waals surface area contributed by atoms with Gasteiger partial charge in [0.25, 0.3) is 0 Å². The van der Waals surface area contributed by atoms with Gasteiger partial charge in [0.05, 0.1) is 23.7 Å². The number of aliphatic hydroxyl groups is 3. The summed E-state index contributed by atoms with van der Waals surface area (Å²) < 4.78 is 0. The van der Waals surface area contributed by atoms with E-state index in [-0.39, 0.29) is 16.6 Å². The summed E-state index contributed by atoms with van der Waals surface area (Å²) in [6, 6.07) is 0. The number of unbranched alkanes of at least 4 members (excludes halogenated alkanes) is 2. The van der Waals surface area contributed by atoms with Crippen molar-refractivity contribution in [1.82, 2.24) is 0 Å². The Labute approximate surface area is 231 Å². The second-order valence-electron chi connectivity index (χ2n) is 13.8. The second kappa shape index (κ2) is 11.6. The lowest BCUT2D eigenvalue weighted by molar-refractivity contribution is -0.127. The van der Waals surface area contributed by atoms with Crippen molar-refractivity contribution in [3.8, 4) is 0 Å². The maximum atomic E-state index is 12.9. The molecule has 38 heavy (non-hydrogen) atoms. The van der Waals surface area contributed by atoms with E-state index in [9.17, 15) is 20.1 Å². The highest BCUT2D eigenvalue weighted by molar-refractivity contribution is 5.88. The monoisotopic (exact) mass is 524 g/mol. The van der Waals surface area contributed by atoms with Gasteiger partial charge in [0.1, 0.15) is 5.78 Å². The van der Waals surface area contributed by atoms with E-state index in [0.717, 1.165) is 56.1 Å². The van der Waals surface area contributed by atoms with Gasteiger partial charge in [0, 0.05) is 12.8 Å². The van der Waals surface area contributed by atoms with Gasteiger partial charge in [-0.15, -0.1) is 0 Å². The smallest absolute Gasteiger partial charge is 0.141 e. The van der Waals surface area contributed by atoms with Crippen LogP contribution >= 0.6 is 0 Å². The van der Waals surface area contributed by atoms with Gasteiger partial charge < -0.3 is 15.3 Å². The lowest BCUT2D eigenvalue weighted by Crippen LogP contribution is -2.39. The maximum Gasteiger partial charge on any atom is 0.141 e. The average molecular weight is 525 g/mol. The molecule has 0 aromatic rings. The minimum absolute atomic E-state index is 0.0708. The van der Waals surface area contributed by atoms with Crippen LogP contribution < -0.4 is 0 Å². The number of ketones is 1. The zero-order valence-corrected chi connectivity index (χ0v) is 24.3. The minimum Gasteiger partial charge on any atom is -0.393 e. The van der Waals surface area contributed by atoms with E-state index in [1.54, 1.807) is 0 Å². The van der Waals surface area contributed by atoms with Crippen molar-refractivity contribution in [2.24, 2.45) is 28.1 Å². The number of hydrogen-bond donors (Lipinski definition) is 3. The van der Waals surface area contributed by atoms with Crippen LogP contribution in [0.15, 0.2) is 47.6 Å². The molecule has 3 N–H and O–H groups in total. The number of rotatable bonds is 10. The third-order valence-electron chi connectivity index (χ3n) is 10.8. The quantitative estimate of drug-likeness (QED) is 0.212. The van der Waals surface area contributed by atoms with Crippen LogP contribution in [0.25, 0.3) is 0 Å². The molecule has 0 aliphatic heterocycles. The molecule has 4 heteroatoms. The molecule has 4 fully saturated rings. The highest BCUT2D eigenvalue weighted by atomic mass is 16.3. The van der Waals surface area contributed by atoms with Crippen molar-refractivity contribution in [1.29, 1.82) is 0 Å². The van der Waals surface area contributed by atoms with E-state index < -0.39 is 23.7 Å². The number of aliphatic hydroxyl groups excluding tert-OH is 3. The summed E-state index contributed by atoms with van der Waals surface area (Å²) >= 11 is 0. The molecule has 212 valence electrons. The molecule has 0 saturated heterocycles. The van der Waals surface area contributed by atoms with E-state index in [2.05, 4.69) is 52.5 Å². The number of fused-ring (bicyclic) bond motifs is 1. The Morgan fingerprint density at radius 3 is 2.58 bits per heavy atom. The van der Waals surface area contributed by atoms with Crippen LogP contribution in [0.1, 0.15) is 111 Å². The largest absolute Gasteiger partial charge is 0.393 e. The first kappa shape index (κ1) is 29.5. The maximum absolute atomic E-state index is 12.9. The molecule has 4 aliphatic carbocycles. The summed E-state index contributed by atoms with van der Waals surface area (Å²) in [5, 5.41) is 31.5. The van der Waals surface area contributed by atoms with Crippen molar-refractivity contribution in [3.05, 3.63) is 47.6 Å². The molecule has 4 nitrogen and oxygen atoms in total. The third kappa shape index (κ3) is 5.83. The molecule has 0 heterocycles. The second-order valence-corrected chi connectivity index (χ2v) is 13.8. The predicted molar refractivity (Wildman–Crippen MR) is 154 cm³/mol. The highest BCUT2D eigenvalue weighted by Gasteiger charge is 2.55. The van der Waals surface area contributed by atoms with Gasteiger partial charge in [-0.25, -0.2) is 0 Å². The molecule has 0 aromatic carbocycles. The molecular formula is C34H52O4. The fourth-order valence-corrected chi connectivity index (χ4v) is 8.23. The average Bonchev–Trinajstić information content (AvgIpc) is 3.60. The summed E-state index contributed by atoms with van der Waals surface area (Å²) in [4.78, 5) is 12.9. The number of carbonyl (C=O) groups excluding carboxylic acids is 1. The Balaban J connectivity index is 1.46. The topological polar surface area (TPSA) is 77.8 Å².